The van der Waals surface area contributed by atoms with Crippen LogP contribution >= 0.6 is 12.2 Å². The number of esters is 1. The fourth-order valence-electron chi connectivity index (χ4n) is 2.56. The number of ether oxygens (including phenoxy) is 2. The number of hydrogen-bond donors (Lipinski definition) is 2. The molecule has 2 aromatic carbocycles. The molecule has 0 spiro atoms. The summed E-state index contributed by atoms with van der Waals surface area (Å²) < 4.78 is 10.7. The van der Waals surface area contributed by atoms with Gasteiger partial charge < -0.3 is 14.8 Å². The molecule has 0 heterocycles. The topological polar surface area (TPSA) is 71.9 Å². The average molecular weight is 398 g/mol. The first kappa shape index (κ1) is 19.8. The van der Waals surface area contributed by atoms with Crippen LogP contribution in [-0.4, -0.2) is 24.4 Å². The maximum Gasteiger partial charge on any atom is 0.314 e. The molecule has 1 saturated carbocycles. The SMILES string of the molecule is COc1cc(/C=N\NC(=S)Nc2cccc(C)c2C)ccc1OC(=O)C1CC1. The molecule has 28 heavy (non-hydrogen) atoms. The zero-order valence-electron chi connectivity index (χ0n) is 16.1. The molecule has 0 bridgehead atoms. The number of rotatable bonds is 6. The quantitative estimate of drug-likeness (QED) is 0.253. The third-order valence-corrected chi connectivity index (χ3v) is 4.73. The summed E-state index contributed by atoms with van der Waals surface area (Å²) in [4.78, 5) is 11.8. The molecule has 2 N–H and O–H groups in total. The highest BCUT2D eigenvalue weighted by Gasteiger charge is 2.32. The first-order valence-corrected chi connectivity index (χ1v) is 9.44. The Kier molecular flexibility index (Phi) is 6.26. The number of carbonyl (C=O) groups excluding carboxylic acids is 1. The predicted molar refractivity (Wildman–Crippen MR) is 114 cm³/mol. The summed E-state index contributed by atoms with van der Waals surface area (Å²) in [7, 11) is 1.53. The fourth-order valence-corrected chi connectivity index (χ4v) is 2.72. The average Bonchev–Trinajstić information content (AvgIpc) is 3.52. The van der Waals surface area contributed by atoms with E-state index in [4.69, 9.17) is 21.7 Å². The number of nitrogens with zero attached hydrogens (tertiary/aromatic N) is 1. The third-order valence-electron chi connectivity index (χ3n) is 4.54. The van der Waals surface area contributed by atoms with Crippen LogP contribution < -0.4 is 20.2 Å². The Morgan fingerprint density at radius 1 is 1.21 bits per heavy atom. The van der Waals surface area contributed by atoms with Crippen LogP contribution in [0.2, 0.25) is 0 Å². The number of nitrogens with one attached hydrogen (secondary N) is 2. The number of carbonyl (C=O) groups is 1. The minimum Gasteiger partial charge on any atom is -0.493 e. The lowest BCUT2D eigenvalue weighted by atomic mass is 10.1. The van der Waals surface area contributed by atoms with Crippen LogP contribution in [0.1, 0.15) is 29.5 Å². The van der Waals surface area contributed by atoms with Crippen molar-refractivity contribution in [2.75, 3.05) is 12.4 Å². The van der Waals surface area contributed by atoms with Gasteiger partial charge in [0.05, 0.1) is 19.2 Å². The van der Waals surface area contributed by atoms with E-state index in [0.717, 1.165) is 29.7 Å². The molecule has 0 radical (unpaired) electrons. The maximum atomic E-state index is 11.8. The molecule has 0 saturated heterocycles. The van der Waals surface area contributed by atoms with Crippen molar-refractivity contribution >= 4 is 35.2 Å². The second-order valence-corrected chi connectivity index (χ2v) is 7.09. The highest BCUT2D eigenvalue weighted by atomic mass is 32.1. The summed E-state index contributed by atoms with van der Waals surface area (Å²) in [5, 5.41) is 7.68. The second kappa shape index (κ2) is 8.84. The van der Waals surface area contributed by atoms with Crippen LogP contribution in [0.15, 0.2) is 41.5 Å². The molecule has 7 heteroatoms. The normalized spacial score (nSPS) is 13.2. The Morgan fingerprint density at radius 3 is 2.71 bits per heavy atom. The molecule has 0 unspecified atom stereocenters. The number of benzene rings is 2. The Morgan fingerprint density at radius 2 is 2.00 bits per heavy atom. The summed E-state index contributed by atoms with van der Waals surface area (Å²) >= 11 is 5.28. The summed E-state index contributed by atoms with van der Waals surface area (Å²) in [6, 6.07) is 11.2. The van der Waals surface area contributed by atoms with Crippen molar-refractivity contribution < 1.29 is 14.3 Å². The number of methoxy groups -OCH3 is 1. The Balaban J connectivity index is 1.59. The monoisotopic (exact) mass is 397 g/mol. The number of aryl methyl sites for hydroxylation is 1. The van der Waals surface area contributed by atoms with Crippen LogP contribution in [0.4, 0.5) is 5.69 Å². The first-order chi connectivity index (χ1) is 13.5. The van der Waals surface area contributed by atoms with E-state index in [1.54, 1.807) is 24.4 Å². The second-order valence-electron chi connectivity index (χ2n) is 6.68. The molecule has 146 valence electrons. The van der Waals surface area contributed by atoms with Gasteiger partial charge in [0.25, 0.3) is 0 Å². The zero-order valence-corrected chi connectivity index (χ0v) is 16.9. The van der Waals surface area contributed by atoms with E-state index >= 15 is 0 Å². The summed E-state index contributed by atoms with van der Waals surface area (Å²) in [5.41, 5.74) is 6.84. The van der Waals surface area contributed by atoms with Gasteiger partial charge in [-0.3, -0.25) is 10.2 Å². The molecule has 3 rings (SSSR count). The molecule has 0 aliphatic heterocycles. The molecular formula is C21H23N3O3S. The third kappa shape index (κ3) is 5.07. The predicted octanol–water partition coefficient (Wildman–Crippen LogP) is 3.95. The van der Waals surface area contributed by atoms with Crippen molar-refractivity contribution in [3.05, 3.63) is 53.1 Å². The van der Waals surface area contributed by atoms with Crippen molar-refractivity contribution in [1.82, 2.24) is 5.43 Å². The lowest BCUT2D eigenvalue weighted by molar-refractivity contribution is -0.135. The van der Waals surface area contributed by atoms with Gasteiger partial charge in [-0.2, -0.15) is 5.10 Å². The molecule has 2 aromatic rings. The van der Waals surface area contributed by atoms with Crippen molar-refractivity contribution in [2.24, 2.45) is 11.0 Å². The van der Waals surface area contributed by atoms with Crippen LogP contribution in [0.25, 0.3) is 0 Å². The van der Waals surface area contributed by atoms with Crippen LogP contribution in [0.5, 0.6) is 11.5 Å². The van der Waals surface area contributed by atoms with E-state index in [0.29, 0.717) is 16.6 Å². The van der Waals surface area contributed by atoms with Crippen molar-refractivity contribution in [3.63, 3.8) is 0 Å². The molecule has 6 nitrogen and oxygen atoms in total. The first-order valence-electron chi connectivity index (χ1n) is 9.04. The maximum absolute atomic E-state index is 11.8. The zero-order chi connectivity index (χ0) is 20.1. The molecular weight excluding hydrogens is 374 g/mol. The molecule has 0 aromatic heterocycles. The number of anilines is 1. The standard InChI is InChI=1S/C21H23N3O3S/c1-13-5-4-6-17(14(13)2)23-21(28)24-22-12-15-7-10-18(19(11-15)26-3)27-20(25)16-8-9-16/h4-7,10-12,16H,8-9H2,1-3H3,(H2,23,24,28)/b22-12-. The van der Waals surface area contributed by atoms with Gasteiger partial charge in [0.2, 0.25) is 0 Å². The van der Waals surface area contributed by atoms with Crippen molar-refractivity contribution in [3.8, 4) is 11.5 Å². The van der Waals surface area contributed by atoms with Gasteiger partial charge >= 0.3 is 5.97 Å². The van der Waals surface area contributed by atoms with E-state index in [-0.39, 0.29) is 11.9 Å². The minimum absolute atomic E-state index is 0.0284. The minimum atomic E-state index is -0.204. The van der Waals surface area contributed by atoms with Crippen LogP contribution in [0, 0.1) is 19.8 Å². The van der Waals surface area contributed by atoms with Crippen molar-refractivity contribution in [1.29, 1.82) is 0 Å². The Hall–Kier alpha value is -2.93. The smallest absolute Gasteiger partial charge is 0.314 e. The van der Waals surface area contributed by atoms with Gasteiger partial charge in [0, 0.05) is 5.69 Å². The molecule has 0 atom stereocenters. The van der Waals surface area contributed by atoms with Gasteiger partial charge in [-0.15, -0.1) is 0 Å². The molecule has 1 fully saturated rings. The molecule has 1 aliphatic carbocycles. The number of thiocarbonyl (C=S) groups is 1. The van der Waals surface area contributed by atoms with Crippen LogP contribution in [-0.2, 0) is 4.79 Å². The van der Waals surface area contributed by atoms with E-state index in [2.05, 4.69) is 15.8 Å². The van der Waals surface area contributed by atoms with Gasteiger partial charge in [0.15, 0.2) is 16.6 Å². The largest absolute Gasteiger partial charge is 0.493 e. The summed E-state index contributed by atoms with van der Waals surface area (Å²) in [6.45, 7) is 4.08. The van der Waals surface area contributed by atoms with E-state index in [9.17, 15) is 4.79 Å². The van der Waals surface area contributed by atoms with Crippen molar-refractivity contribution in [2.45, 2.75) is 26.7 Å². The Bertz CT molecular complexity index is 923. The van der Waals surface area contributed by atoms with E-state index < -0.39 is 0 Å². The molecule has 1 aliphatic rings. The lowest BCUT2D eigenvalue weighted by Crippen LogP contribution is -2.24. The molecule has 0 amide bonds. The Labute approximate surface area is 169 Å². The highest BCUT2D eigenvalue weighted by Crippen LogP contribution is 2.34. The highest BCUT2D eigenvalue weighted by molar-refractivity contribution is 7.80. The van der Waals surface area contributed by atoms with Gasteiger partial charge in [-0.25, -0.2) is 0 Å². The van der Waals surface area contributed by atoms with Gasteiger partial charge in [0.1, 0.15) is 0 Å². The van der Waals surface area contributed by atoms with Gasteiger partial charge in [-0.1, -0.05) is 12.1 Å². The number of hydrazone groups is 1. The number of hydrogen-bond acceptors (Lipinski definition) is 5. The summed E-state index contributed by atoms with van der Waals surface area (Å²) in [6.07, 6.45) is 3.41. The van der Waals surface area contributed by atoms with E-state index in [1.807, 2.05) is 32.0 Å². The summed E-state index contributed by atoms with van der Waals surface area (Å²) in [5.74, 6) is 0.718. The van der Waals surface area contributed by atoms with Crippen LogP contribution in [0.3, 0.4) is 0 Å². The van der Waals surface area contributed by atoms with Gasteiger partial charge in [-0.05, 0) is 79.9 Å². The van der Waals surface area contributed by atoms with E-state index in [1.165, 1.54) is 12.7 Å². The lowest BCUT2D eigenvalue weighted by Gasteiger charge is -2.11. The fraction of sp³-hybridized carbons (Fsp3) is 0.286.